The molecule has 0 aliphatic heterocycles. The van der Waals surface area contributed by atoms with Crippen LogP contribution in [0.25, 0.3) is 0 Å². The number of hydrogen-bond acceptors (Lipinski definition) is 6. The fraction of sp³-hybridized carbons (Fsp3) is 0.200. The number of ether oxygens (including phenoxy) is 1. The van der Waals surface area contributed by atoms with Crippen LogP contribution in [0, 0.1) is 0 Å². The second kappa shape index (κ2) is 8.04. The maximum atomic E-state index is 11.7. The van der Waals surface area contributed by atoms with Crippen molar-refractivity contribution in [2.24, 2.45) is 0 Å². The van der Waals surface area contributed by atoms with Crippen LogP contribution >= 0.6 is 11.3 Å². The monoisotopic (exact) mass is 333 g/mol. The average molecular weight is 333 g/mol. The van der Waals surface area contributed by atoms with Crippen molar-refractivity contribution >= 4 is 34.3 Å². The van der Waals surface area contributed by atoms with Crippen LogP contribution in [0.2, 0.25) is 0 Å². The van der Waals surface area contributed by atoms with Gasteiger partial charge in [-0.2, -0.15) is 0 Å². The largest absolute Gasteiger partial charge is 0.463 e. The number of ketones is 1. The summed E-state index contributed by atoms with van der Waals surface area (Å²) in [5, 5.41) is 6.82. The highest BCUT2D eigenvalue weighted by Gasteiger charge is 2.20. The number of hydrogen-bond donors (Lipinski definition) is 2. The molecule has 2 N–H and O–H groups in total. The van der Waals surface area contributed by atoms with Crippen molar-refractivity contribution in [2.75, 3.05) is 19.0 Å². The van der Waals surface area contributed by atoms with Gasteiger partial charge in [-0.15, -0.1) is 11.3 Å². The minimum absolute atomic E-state index is 0.0542. The first-order valence-electron chi connectivity index (χ1n) is 6.77. The van der Waals surface area contributed by atoms with Gasteiger partial charge in [-0.3, -0.25) is 10.1 Å². The van der Waals surface area contributed by atoms with E-state index in [-0.39, 0.29) is 10.8 Å². The number of esters is 1. The lowest BCUT2D eigenvalue weighted by Crippen LogP contribution is -2.30. The summed E-state index contributed by atoms with van der Waals surface area (Å²) in [5.74, 6) is -1.84. The van der Waals surface area contributed by atoms with Gasteiger partial charge in [0, 0.05) is 11.9 Å². The van der Waals surface area contributed by atoms with E-state index in [0.29, 0.717) is 13.0 Å². The molecule has 0 spiro atoms. The summed E-state index contributed by atoms with van der Waals surface area (Å²) in [7, 11) is 1.12. The number of Topliss-reactive ketones (excluding diaryl/α,β-unsaturated/α-hetero) is 1. The van der Waals surface area contributed by atoms with E-state index in [1.165, 1.54) is 5.38 Å². The minimum Gasteiger partial charge on any atom is -0.463 e. The summed E-state index contributed by atoms with van der Waals surface area (Å²) in [6, 6.07) is 9.33. The fourth-order valence-electron chi connectivity index (χ4n) is 1.74. The molecular formula is C15H15N3O4S. The zero-order valence-electron chi connectivity index (χ0n) is 12.4. The van der Waals surface area contributed by atoms with Crippen molar-refractivity contribution in [2.45, 2.75) is 6.42 Å². The lowest BCUT2D eigenvalue weighted by molar-refractivity contribution is -0.135. The smallest absolute Gasteiger partial charge is 0.381 e. The number of urea groups is 1. The van der Waals surface area contributed by atoms with Gasteiger partial charge in [0.05, 0.1) is 7.11 Å². The quantitative estimate of drug-likeness (QED) is 0.478. The van der Waals surface area contributed by atoms with Crippen LogP contribution in [0.5, 0.6) is 0 Å². The highest BCUT2D eigenvalue weighted by molar-refractivity contribution is 7.14. The normalized spacial score (nSPS) is 9.96. The maximum Gasteiger partial charge on any atom is 0.381 e. The number of methoxy groups -OCH3 is 1. The van der Waals surface area contributed by atoms with Crippen molar-refractivity contribution in [3.63, 3.8) is 0 Å². The van der Waals surface area contributed by atoms with Gasteiger partial charge in [-0.1, -0.05) is 30.3 Å². The van der Waals surface area contributed by atoms with Crippen LogP contribution in [-0.4, -0.2) is 36.4 Å². The molecule has 0 saturated carbocycles. The maximum absolute atomic E-state index is 11.7. The van der Waals surface area contributed by atoms with E-state index < -0.39 is 17.8 Å². The molecule has 0 saturated heterocycles. The molecule has 0 unspecified atom stereocenters. The highest BCUT2D eigenvalue weighted by atomic mass is 32.1. The number of carbonyl (C=O) groups is 3. The highest BCUT2D eigenvalue weighted by Crippen LogP contribution is 2.15. The number of nitrogens with one attached hydrogen (secondary N) is 2. The molecule has 0 aliphatic carbocycles. The molecule has 0 bridgehead atoms. The van der Waals surface area contributed by atoms with E-state index in [9.17, 15) is 14.4 Å². The molecular weight excluding hydrogens is 318 g/mol. The average Bonchev–Trinajstić information content (AvgIpc) is 3.02. The Hall–Kier alpha value is -2.74. The third kappa shape index (κ3) is 4.89. The number of aromatic nitrogens is 1. The SMILES string of the molecule is COC(=O)C(=O)c1csc(NC(=O)NCCc2ccccc2)n1. The Balaban J connectivity index is 1.80. The summed E-state index contributed by atoms with van der Waals surface area (Å²) in [6.07, 6.45) is 0.707. The Morgan fingerprint density at radius 1 is 1.22 bits per heavy atom. The van der Waals surface area contributed by atoms with E-state index in [2.05, 4.69) is 20.4 Å². The van der Waals surface area contributed by atoms with Gasteiger partial charge in [0.1, 0.15) is 5.69 Å². The molecule has 1 aromatic heterocycles. The van der Waals surface area contributed by atoms with E-state index in [1.807, 2.05) is 30.3 Å². The molecule has 0 aliphatic rings. The first-order chi connectivity index (χ1) is 11.1. The summed E-state index contributed by atoms with van der Waals surface area (Å²) < 4.78 is 4.33. The Morgan fingerprint density at radius 3 is 2.65 bits per heavy atom. The first-order valence-corrected chi connectivity index (χ1v) is 7.65. The minimum atomic E-state index is -0.992. The first kappa shape index (κ1) is 16.6. The zero-order chi connectivity index (χ0) is 16.7. The van der Waals surface area contributed by atoms with Crippen LogP contribution in [-0.2, 0) is 16.0 Å². The molecule has 120 valence electrons. The van der Waals surface area contributed by atoms with Crippen LogP contribution in [0.1, 0.15) is 16.1 Å². The Morgan fingerprint density at radius 2 is 1.96 bits per heavy atom. The van der Waals surface area contributed by atoms with Crippen molar-refractivity contribution in [1.29, 1.82) is 0 Å². The van der Waals surface area contributed by atoms with Crippen molar-refractivity contribution in [1.82, 2.24) is 10.3 Å². The topological polar surface area (TPSA) is 97.4 Å². The number of rotatable bonds is 6. The van der Waals surface area contributed by atoms with Gasteiger partial charge in [0.15, 0.2) is 5.13 Å². The van der Waals surface area contributed by atoms with Gasteiger partial charge in [0.2, 0.25) is 0 Å². The van der Waals surface area contributed by atoms with Crippen LogP contribution in [0.4, 0.5) is 9.93 Å². The molecule has 1 heterocycles. The number of anilines is 1. The second-order valence-electron chi connectivity index (χ2n) is 4.48. The summed E-state index contributed by atoms with van der Waals surface area (Å²) >= 11 is 1.05. The fourth-order valence-corrected chi connectivity index (χ4v) is 2.42. The summed E-state index contributed by atoms with van der Waals surface area (Å²) in [4.78, 5) is 38.3. The lowest BCUT2D eigenvalue weighted by Gasteiger charge is -2.05. The lowest BCUT2D eigenvalue weighted by atomic mass is 10.1. The number of thiazole rings is 1. The molecule has 2 aromatic rings. The van der Waals surface area contributed by atoms with Crippen molar-refractivity contribution < 1.29 is 19.1 Å². The third-order valence-electron chi connectivity index (χ3n) is 2.87. The standard InChI is InChI=1S/C15H15N3O4S/c1-22-13(20)12(19)11-9-23-15(17-11)18-14(21)16-8-7-10-5-3-2-4-6-10/h2-6,9H,7-8H2,1H3,(H2,16,17,18,21). The van der Waals surface area contributed by atoms with E-state index in [1.54, 1.807) is 0 Å². The van der Waals surface area contributed by atoms with Gasteiger partial charge in [-0.05, 0) is 12.0 Å². The molecule has 2 rings (SSSR count). The van der Waals surface area contributed by atoms with E-state index in [0.717, 1.165) is 24.0 Å². The van der Waals surface area contributed by atoms with Crippen LogP contribution < -0.4 is 10.6 Å². The third-order valence-corrected chi connectivity index (χ3v) is 3.63. The van der Waals surface area contributed by atoms with Gasteiger partial charge in [0.25, 0.3) is 5.78 Å². The molecule has 0 radical (unpaired) electrons. The second-order valence-corrected chi connectivity index (χ2v) is 5.33. The van der Waals surface area contributed by atoms with Gasteiger partial charge >= 0.3 is 12.0 Å². The Labute approximate surface area is 136 Å². The Kier molecular flexibility index (Phi) is 5.81. The van der Waals surface area contributed by atoms with Crippen molar-refractivity contribution in [3.05, 3.63) is 47.0 Å². The van der Waals surface area contributed by atoms with E-state index in [4.69, 9.17) is 0 Å². The van der Waals surface area contributed by atoms with E-state index >= 15 is 0 Å². The predicted molar refractivity (Wildman–Crippen MR) is 85.6 cm³/mol. The zero-order valence-corrected chi connectivity index (χ0v) is 13.2. The summed E-state index contributed by atoms with van der Waals surface area (Å²) in [5.41, 5.74) is 1.06. The molecule has 0 fully saturated rings. The Bertz CT molecular complexity index is 700. The number of carbonyl (C=O) groups excluding carboxylic acids is 3. The van der Waals surface area contributed by atoms with Crippen LogP contribution in [0.3, 0.4) is 0 Å². The number of nitrogens with zero attached hydrogens (tertiary/aromatic N) is 1. The summed E-state index contributed by atoms with van der Waals surface area (Å²) in [6.45, 7) is 0.467. The molecule has 7 nitrogen and oxygen atoms in total. The number of benzene rings is 1. The van der Waals surface area contributed by atoms with Crippen LogP contribution in [0.15, 0.2) is 35.7 Å². The molecule has 23 heavy (non-hydrogen) atoms. The molecule has 8 heteroatoms. The van der Waals surface area contributed by atoms with Gasteiger partial charge in [-0.25, -0.2) is 14.6 Å². The molecule has 2 amide bonds. The predicted octanol–water partition coefficient (Wildman–Crippen LogP) is 1.86. The number of amides is 2. The molecule has 1 aromatic carbocycles. The molecule has 0 atom stereocenters. The van der Waals surface area contributed by atoms with Gasteiger partial charge < -0.3 is 10.1 Å². The van der Waals surface area contributed by atoms with Crippen molar-refractivity contribution in [3.8, 4) is 0 Å².